The first-order valence-electron chi connectivity index (χ1n) is 9.45. The zero-order chi connectivity index (χ0) is 21.0. The Kier molecular flexibility index (Phi) is 6.67. The van der Waals surface area contributed by atoms with Crippen LogP contribution in [0.4, 0.5) is 0 Å². The van der Waals surface area contributed by atoms with Gasteiger partial charge in [0.1, 0.15) is 5.82 Å². The Labute approximate surface area is 174 Å². The molecule has 3 aromatic rings. The first-order valence-corrected chi connectivity index (χ1v) is 9.83. The molecule has 0 saturated heterocycles. The molecule has 0 aliphatic carbocycles. The number of rotatable bonds is 7. The number of hydrogen-bond acceptors (Lipinski definition) is 4. The Balaban J connectivity index is 2.05. The fraction of sp³-hybridized carbons (Fsp3) is 0.318. The third-order valence-corrected chi connectivity index (χ3v) is 5.18. The van der Waals surface area contributed by atoms with Crippen molar-refractivity contribution < 1.29 is 9.53 Å². The van der Waals surface area contributed by atoms with Crippen molar-refractivity contribution in [3.8, 4) is 0 Å². The van der Waals surface area contributed by atoms with Gasteiger partial charge in [-0.3, -0.25) is 14.2 Å². The number of amides is 1. The maximum Gasteiger partial charge on any atom is 0.261 e. The van der Waals surface area contributed by atoms with E-state index in [-0.39, 0.29) is 11.5 Å². The van der Waals surface area contributed by atoms with Crippen LogP contribution in [0.1, 0.15) is 35.6 Å². The molecule has 1 amide bonds. The highest BCUT2D eigenvalue weighted by Gasteiger charge is 2.26. The minimum absolute atomic E-state index is 0.116. The molecule has 2 aromatic carbocycles. The van der Waals surface area contributed by atoms with E-state index in [1.807, 2.05) is 25.1 Å². The van der Waals surface area contributed by atoms with Crippen molar-refractivity contribution in [3.63, 3.8) is 0 Å². The summed E-state index contributed by atoms with van der Waals surface area (Å²) in [5.41, 5.74) is 0.939. The summed E-state index contributed by atoms with van der Waals surface area (Å²) in [5, 5.41) is 1.00. The van der Waals surface area contributed by atoms with E-state index in [2.05, 4.69) is 4.98 Å². The molecule has 0 N–H and O–H groups in total. The number of benzene rings is 2. The highest BCUT2D eigenvalue weighted by atomic mass is 35.5. The highest BCUT2D eigenvalue weighted by Crippen LogP contribution is 2.23. The molecule has 0 aliphatic rings. The molecule has 0 saturated carbocycles. The van der Waals surface area contributed by atoms with Crippen molar-refractivity contribution in [2.75, 3.05) is 20.3 Å². The lowest BCUT2D eigenvalue weighted by Gasteiger charge is -2.30. The van der Waals surface area contributed by atoms with E-state index in [1.165, 1.54) is 4.57 Å². The van der Waals surface area contributed by atoms with Crippen LogP contribution in [0.25, 0.3) is 10.9 Å². The van der Waals surface area contributed by atoms with Gasteiger partial charge in [0.25, 0.3) is 11.5 Å². The van der Waals surface area contributed by atoms with Gasteiger partial charge in [-0.05, 0) is 43.7 Å². The number of carbonyl (C=O) groups excluding carboxylic acids is 1. The Morgan fingerprint density at radius 1 is 1.24 bits per heavy atom. The fourth-order valence-corrected chi connectivity index (χ4v) is 3.54. The number of nitrogens with zero attached hydrogens (tertiary/aromatic N) is 3. The van der Waals surface area contributed by atoms with E-state index in [0.29, 0.717) is 46.9 Å². The molecule has 0 bridgehead atoms. The van der Waals surface area contributed by atoms with E-state index in [1.54, 1.807) is 49.4 Å². The Morgan fingerprint density at radius 2 is 1.97 bits per heavy atom. The Morgan fingerprint density at radius 3 is 2.66 bits per heavy atom. The number of aromatic nitrogens is 2. The lowest BCUT2D eigenvalue weighted by molar-refractivity contribution is 0.0656. The van der Waals surface area contributed by atoms with Gasteiger partial charge in [0.05, 0.1) is 16.9 Å². The van der Waals surface area contributed by atoms with Crippen LogP contribution >= 0.6 is 11.6 Å². The van der Waals surface area contributed by atoms with Crippen LogP contribution < -0.4 is 5.56 Å². The molecule has 0 spiro atoms. The van der Waals surface area contributed by atoms with Crippen LogP contribution in [0, 0.1) is 0 Å². The molecular weight excluding hydrogens is 390 g/mol. The third kappa shape index (κ3) is 4.49. The monoisotopic (exact) mass is 413 g/mol. The van der Waals surface area contributed by atoms with E-state index < -0.39 is 6.04 Å². The average Bonchev–Trinajstić information content (AvgIpc) is 2.73. The molecule has 1 aromatic heterocycles. The second kappa shape index (κ2) is 9.20. The number of ether oxygens (including phenoxy) is 1. The number of methoxy groups -OCH3 is 1. The van der Waals surface area contributed by atoms with E-state index >= 15 is 0 Å². The van der Waals surface area contributed by atoms with Crippen LogP contribution in [-0.4, -0.2) is 40.6 Å². The summed E-state index contributed by atoms with van der Waals surface area (Å²) in [6, 6.07) is 13.7. The third-order valence-electron chi connectivity index (χ3n) is 4.94. The molecule has 1 atom stereocenters. The largest absolute Gasteiger partial charge is 0.385 e. The minimum atomic E-state index is -0.416. The van der Waals surface area contributed by atoms with Crippen molar-refractivity contribution in [2.24, 2.45) is 7.05 Å². The van der Waals surface area contributed by atoms with Crippen LogP contribution in [0.5, 0.6) is 0 Å². The quantitative estimate of drug-likeness (QED) is 0.552. The van der Waals surface area contributed by atoms with E-state index in [0.717, 1.165) is 0 Å². The van der Waals surface area contributed by atoms with Gasteiger partial charge in [-0.1, -0.05) is 29.8 Å². The van der Waals surface area contributed by atoms with Gasteiger partial charge in [-0.15, -0.1) is 0 Å². The molecule has 0 aliphatic heterocycles. The molecule has 7 heteroatoms. The van der Waals surface area contributed by atoms with Gasteiger partial charge in [0.2, 0.25) is 0 Å². The summed E-state index contributed by atoms with van der Waals surface area (Å²) in [6.45, 7) is 2.89. The fourth-order valence-electron chi connectivity index (χ4n) is 3.37. The Bertz CT molecular complexity index is 1070. The van der Waals surface area contributed by atoms with E-state index in [4.69, 9.17) is 16.3 Å². The van der Waals surface area contributed by atoms with Gasteiger partial charge in [0, 0.05) is 37.9 Å². The molecule has 3 rings (SSSR count). The second-order valence-corrected chi connectivity index (χ2v) is 7.32. The van der Waals surface area contributed by atoms with Crippen LogP contribution in [-0.2, 0) is 11.8 Å². The summed E-state index contributed by atoms with van der Waals surface area (Å²) in [6.07, 6.45) is 0.673. The molecule has 1 unspecified atom stereocenters. The molecule has 0 fully saturated rings. The van der Waals surface area contributed by atoms with Crippen LogP contribution in [0.3, 0.4) is 0 Å². The highest BCUT2D eigenvalue weighted by molar-refractivity contribution is 6.31. The van der Waals surface area contributed by atoms with Gasteiger partial charge in [-0.25, -0.2) is 4.98 Å². The van der Waals surface area contributed by atoms with E-state index in [9.17, 15) is 9.59 Å². The topological polar surface area (TPSA) is 64.4 Å². The molecule has 6 nitrogen and oxygen atoms in total. The zero-order valence-corrected chi connectivity index (χ0v) is 17.5. The second-order valence-electron chi connectivity index (χ2n) is 6.88. The smallest absolute Gasteiger partial charge is 0.261 e. The van der Waals surface area contributed by atoms with Crippen molar-refractivity contribution in [2.45, 2.75) is 19.4 Å². The summed E-state index contributed by atoms with van der Waals surface area (Å²) in [4.78, 5) is 32.5. The van der Waals surface area contributed by atoms with Crippen molar-refractivity contribution in [3.05, 3.63) is 75.3 Å². The van der Waals surface area contributed by atoms with Gasteiger partial charge in [0.15, 0.2) is 0 Å². The van der Waals surface area contributed by atoms with Crippen molar-refractivity contribution in [1.82, 2.24) is 14.5 Å². The first-order chi connectivity index (χ1) is 13.9. The maximum atomic E-state index is 13.2. The first kappa shape index (κ1) is 21.0. The predicted molar refractivity (Wildman–Crippen MR) is 114 cm³/mol. The standard InChI is InChI=1S/C22H24ClN3O3/c1-15(20-24-19-14-17(23)10-11-18(19)22(28)25(20)2)26(12-7-13-29-3)21(27)16-8-5-4-6-9-16/h4-6,8-11,14-15H,7,12-13H2,1-3H3. The predicted octanol–water partition coefficient (Wildman–Crippen LogP) is 3.83. The summed E-state index contributed by atoms with van der Waals surface area (Å²) in [5.74, 6) is 0.390. The normalized spacial score (nSPS) is 12.1. The number of fused-ring (bicyclic) bond motifs is 1. The average molecular weight is 414 g/mol. The van der Waals surface area contributed by atoms with Crippen LogP contribution in [0.2, 0.25) is 5.02 Å². The summed E-state index contributed by atoms with van der Waals surface area (Å²) in [7, 11) is 3.31. The maximum absolute atomic E-state index is 13.2. The molecule has 152 valence electrons. The van der Waals surface area contributed by atoms with Crippen LogP contribution in [0.15, 0.2) is 53.3 Å². The van der Waals surface area contributed by atoms with Crippen molar-refractivity contribution >= 4 is 28.4 Å². The van der Waals surface area contributed by atoms with Crippen molar-refractivity contribution in [1.29, 1.82) is 0 Å². The SMILES string of the molecule is COCCCN(C(=O)c1ccccc1)C(C)c1nc2cc(Cl)ccc2c(=O)n1C. The zero-order valence-electron chi connectivity index (χ0n) is 16.8. The number of halogens is 1. The molecule has 0 radical (unpaired) electrons. The molecule has 29 heavy (non-hydrogen) atoms. The summed E-state index contributed by atoms with van der Waals surface area (Å²) < 4.78 is 6.66. The Hall–Kier alpha value is -2.70. The summed E-state index contributed by atoms with van der Waals surface area (Å²) >= 11 is 6.09. The molecular formula is C22H24ClN3O3. The minimum Gasteiger partial charge on any atom is -0.385 e. The number of carbonyl (C=O) groups is 1. The lowest BCUT2D eigenvalue weighted by atomic mass is 10.1. The molecule has 1 heterocycles. The van der Waals surface area contributed by atoms with Gasteiger partial charge in [-0.2, -0.15) is 0 Å². The lowest BCUT2D eigenvalue weighted by Crippen LogP contribution is -2.38. The van der Waals surface area contributed by atoms with Gasteiger partial charge < -0.3 is 9.64 Å². The van der Waals surface area contributed by atoms with Gasteiger partial charge >= 0.3 is 0 Å². The number of hydrogen-bond donors (Lipinski definition) is 0.